The maximum atomic E-state index is 12.2. The van der Waals surface area contributed by atoms with Crippen molar-refractivity contribution in [3.8, 4) is 6.07 Å². The summed E-state index contributed by atoms with van der Waals surface area (Å²) in [6, 6.07) is 14.2. The zero-order chi connectivity index (χ0) is 16.8. The molecule has 0 radical (unpaired) electrons. The van der Waals surface area contributed by atoms with Crippen molar-refractivity contribution < 1.29 is 9.53 Å². The Balaban J connectivity index is 2.37. The first kappa shape index (κ1) is 17.0. The number of allylic oxidation sites excluding steroid dienone is 1. The van der Waals surface area contributed by atoms with E-state index in [0.29, 0.717) is 0 Å². The number of methoxy groups -OCH3 is 1. The van der Waals surface area contributed by atoms with E-state index in [4.69, 9.17) is 0 Å². The Hall–Kier alpha value is -2.40. The zero-order valence-corrected chi connectivity index (χ0v) is 14.5. The average Bonchev–Trinajstić information content (AvgIpc) is 2.56. The molecule has 1 aromatic carbocycles. The molecule has 1 heterocycles. The quantitative estimate of drug-likeness (QED) is 0.563. The molecule has 0 aliphatic heterocycles. The molecule has 0 spiro atoms. The Morgan fingerprint density at radius 3 is 2.65 bits per heavy atom. The highest BCUT2D eigenvalue weighted by Crippen LogP contribution is 2.15. The molecule has 6 heteroatoms. The Morgan fingerprint density at radius 1 is 1.35 bits per heavy atom. The lowest BCUT2D eigenvalue weighted by molar-refractivity contribution is 0.0600. The summed E-state index contributed by atoms with van der Waals surface area (Å²) >= 11 is 2.13. The SMILES string of the molecule is COC(=O)c1cc(C#N)n(C/C(I)=C/c2ccccc2)c(=O)c1. The molecule has 0 fully saturated rings. The second-order valence-electron chi connectivity index (χ2n) is 4.66. The van der Waals surface area contributed by atoms with Gasteiger partial charge in [-0.1, -0.05) is 30.3 Å². The smallest absolute Gasteiger partial charge is 0.338 e. The first-order valence-electron chi connectivity index (χ1n) is 6.69. The molecule has 0 saturated carbocycles. The van der Waals surface area contributed by atoms with Gasteiger partial charge in [0.2, 0.25) is 0 Å². The first-order valence-corrected chi connectivity index (χ1v) is 7.77. The third-order valence-corrected chi connectivity index (χ3v) is 3.75. The molecule has 0 bridgehead atoms. The van der Waals surface area contributed by atoms with Gasteiger partial charge in [0.05, 0.1) is 19.2 Å². The number of halogens is 1. The first-order chi connectivity index (χ1) is 11.0. The van der Waals surface area contributed by atoms with E-state index in [2.05, 4.69) is 27.3 Å². The third kappa shape index (κ3) is 4.29. The molecule has 0 unspecified atom stereocenters. The van der Waals surface area contributed by atoms with E-state index in [-0.39, 0.29) is 17.8 Å². The second-order valence-corrected chi connectivity index (χ2v) is 6.04. The van der Waals surface area contributed by atoms with E-state index in [1.807, 2.05) is 42.5 Å². The van der Waals surface area contributed by atoms with Crippen LogP contribution in [-0.2, 0) is 11.3 Å². The highest BCUT2D eigenvalue weighted by molar-refractivity contribution is 14.1. The number of aromatic nitrogens is 1. The van der Waals surface area contributed by atoms with Crippen molar-refractivity contribution in [3.63, 3.8) is 0 Å². The van der Waals surface area contributed by atoms with Gasteiger partial charge in [-0.05, 0) is 40.3 Å². The monoisotopic (exact) mass is 420 g/mol. The van der Waals surface area contributed by atoms with Crippen LogP contribution < -0.4 is 5.56 Å². The molecule has 0 saturated heterocycles. The molecule has 0 aliphatic rings. The predicted molar refractivity (Wildman–Crippen MR) is 95.2 cm³/mol. The molecule has 0 amide bonds. The number of pyridine rings is 1. The number of nitriles is 1. The van der Waals surface area contributed by atoms with Crippen molar-refractivity contribution in [2.24, 2.45) is 0 Å². The van der Waals surface area contributed by atoms with Crippen LogP contribution in [0.4, 0.5) is 0 Å². The molecular formula is C17H13IN2O3. The number of esters is 1. The number of ether oxygens (including phenoxy) is 1. The zero-order valence-electron chi connectivity index (χ0n) is 12.3. The van der Waals surface area contributed by atoms with E-state index in [0.717, 1.165) is 9.14 Å². The van der Waals surface area contributed by atoms with E-state index < -0.39 is 11.5 Å². The second kappa shape index (κ2) is 7.74. The normalized spacial score (nSPS) is 10.9. The summed E-state index contributed by atoms with van der Waals surface area (Å²) in [5.41, 5.74) is 0.788. The fourth-order valence-corrected chi connectivity index (χ4v) is 2.72. The van der Waals surface area contributed by atoms with Crippen LogP contribution >= 0.6 is 22.6 Å². The molecule has 1 aromatic heterocycles. The molecule has 2 aromatic rings. The summed E-state index contributed by atoms with van der Waals surface area (Å²) in [7, 11) is 1.23. The van der Waals surface area contributed by atoms with Gasteiger partial charge >= 0.3 is 5.97 Å². The third-order valence-electron chi connectivity index (χ3n) is 3.10. The van der Waals surface area contributed by atoms with Crippen LogP contribution in [-0.4, -0.2) is 17.6 Å². The van der Waals surface area contributed by atoms with E-state index in [9.17, 15) is 14.9 Å². The summed E-state index contributed by atoms with van der Waals surface area (Å²) in [5.74, 6) is -0.639. The number of carbonyl (C=O) groups excluding carboxylic acids is 1. The summed E-state index contributed by atoms with van der Waals surface area (Å²) in [6.45, 7) is 0.263. The maximum absolute atomic E-state index is 12.2. The van der Waals surface area contributed by atoms with Gasteiger partial charge in [0, 0.05) is 9.65 Å². The predicted octanol–water partition coefficient (Wildman–Crippen LogP) is 2.98. The Bertz CT molecular complexity index is 848. The summed E-state index contributed by atoms with van der Waals surface area (Å²) in [6.07, 6.45) is 1.93. The number of rotatable bonds is 4. The molecule has 2 rings (SSSR count). The molecule has 0 N–H and O–H groups in total. The van der Waals surface area contributed by atoms with Gasteiger partial charge in [0.15, 0.2) is 0 Å². The van der Waals surface area contributed by atoms with Crippen LogP contribution in [0.2, 0.25) is 0 Å². The van der Waals surface area contributed by atoms with Gasteiger partial charge in [0.25, 0.3) is 5.56 Å². The molecular weight excluding hydrogens is 407 g/mol. The van der Waals surface area contributed by atoms with Crippen LogP contribution in [0.3, 0.4) is 0 Å². The lowest BCUT2D eigenvalue weighted by Gasteiger charge is -2.09. The lowest BCUT2D eigenvalue weighted by atomic mass is 10.2. The van der Waals surface area contributed by atoms with Crippen LogP contribution in [0.25, 0.3) is 6.08 Å². The number of nitrogens with zero attached hydrogens (tertiary/aromatic N) is 2. The Labute approximate surface area is 147 Å². The van der Waals surface area contributed by atoms with Crippen molar-refractivity contribution in [2.75, 3.05) is 7.11 Å². The van der Waals surface area contributed by atoms with E-state index in [1.165, 1.54) is 23.8 Å². The fraction of sp³-hybridized carbons (Fsp3) is 0.118. The molecule has 23 heavy (non-hydrogen) atoms. The highest BCUT2D eigenvalue weighted by atomic mass is 127. The van der Waals surface area contributed by atoms with Gasteiger partial charge in [-0.15, -0.1) is 0 Å². The Kier molecular flexibility index (Phi) is 5.71. The lowest BCUT2D eigenvalue weighted by Crippen LogP contribution is -2.24. The number of benzene rings is 1. The van der Waals surface area contributed by atoms with Crippen LogP contribution in [0, 0.1) is 11.3 Å². The summed E-state index contributed by atoms with van der Waals surface area (Å²) in [4.78, 5) is 23.7. The Morgan fingerprint density at radius 2 is 2.04 bits per heavy atom. The minimum Gasteiger partial charge on any atom is -0.465 e. The standard InChI is InChI=1S/C17H13IN2O3/c1-23-17(22)13-8-15(10-19)20(16(21)9-13)11-14(18)7-12-5-3-2-4-6-12/h2-9H,11H2,1H3/b14-7-. The van der Waals surface area contributed by atoms with E-state index >= 15 is 0 Å². The topological polar surface area (TPSA) is 72.1 Å². The number of hydrogen-bond donors (Lipinski definition) is 0. The van der Waals surface area contributed by atoms with Crippen LogP contribution in [0.1, 0.15) is 21.6 Å². The molecule has 116 valence electrons. The van der Waals surface area contributed by atoms with Crippen molar-refractivity contribution in [1.29, 1.82) is 5.26 Å². The van der Waals surface area contributed by atoms with Gasteiger partial charge in [-0.25, -0.2) is 4.79 Å². The minimum atomic E-state index is -0.639. The molecule has 0 atom stereocenters. The molecule has 0 aliphatic carbocycles. The van der Waals surface area contributed by atoms with Crippen molar-refractivity contribution in [3.05, 3.63) is 73.2 Å². The van der Waals surface area contributed by atoms with Crippen molar-refractivity contribution in [1.82, 2.24) is 4.57 Å². The van der Waals surface area contributed by atoms with Crippen molar-refractivity contribution in [2.45, 2.75) is 6.54 Å². The van der Waals surface area contributed by atoms with Gasteiger partial charge in [-0.3, -0.25) is 9.36 Å². The number of hydrogen-bond acceptors (Lipinski definition) is 4. The van der Waals surface area contributed by atoms with Gasteiger partial charge < -0.3 is 4.74 Å². The fourth-order valence-electron chi connectivity index (χ4n) is 2.01. The van der Waals surface area contributed by atoms with Crippen LogP contribution in [0.5, 0.6) is 0 Å². The summed E-state index contributed by atoms with van der Waals surface area (Å²) in [5, 5.41) is 9.24. The van der Waals surface area contributed by atoms with E-state index in [1.54, 1.807) is 0 Å². The molecule has 5 nitrogen and oxygen atoms in total. The average molecular weight is 420 g/mol. The highest BCUT2D eigenvalue weighted by Gasteiger charge is 2.12. The largest absolute Gasteiger partial charge is 0.465 e. The maximum Gasteiger partial charge on any atom is 0.338 e. The minimum absolute atomic E-state index is 0.0762. The van der Waals surface area contributed by atoms with Gasteiger partial charge in [-0.2, -0.15) is 5.26 Å². The van der Waals surface area contributed by atoms with Crippen molar-refractivity contribution >= 4 is 34.6 Å². The van der Waals surface area contributed by atoms with Gasteiger partial charge in [0.1, 0.15) is 11.8 Å². The van der Waals surface area contributed by atoms with Crippen LogP contribution in [0.15, 0.2) is 50.8 Å². The number of carbonyl (C=O) groups is 1. The summed E-state index contributed by atoms with van der Waals surface area (Å²) < 4.78 is 6.80.